The molecule has 1 saturated heterocycles. The van der Waals surface area contributed by atoms with Crippen molar-refractivity contribution in [2.75, 3.05) is 33.8 Å². The number of morpholine rings is 1. The van der Waals surface area contributed by atoms with E-state index in [1.807, 2.05) is 25.1 Å². The van der Waals surface area contributed by atoms with Gasteiger partial charge in [-0.05, 0) is 36.2 Å². The Morgan fingerprint density at radius 1 is 1.23 bits per heavy atom. The number of hydrogen-bond acceptors (Lipinski definition) is 3. The van der Waals surface area contributed by atoms with Crippen LogP contribution in [0.5, 0.6) is 5.75 Å². The zero-order chi connectivity index (χ0) is 20.8. The van der Waals surface area contributed by atoms with Gasteiger partial charge in [0.15, 0.2) is 5.96 Å². The Balaban J connectivity index is 0.00000320. The van der Waals surface area contributed by atoms with Gasteiger partial charge >= 0.3 is 0 Å². The molecule has 0 saturated carbocycles. The normalized spacial score (nSPS) is 20.3. The molecule has 3 atom stereocenters. The van der Waals surface area contributed by atoms with Crippen LogP contribution < -0.4 is 10.1 Å². The molecule has 164 valence electrons. The van der Waals surface area contributed by atoms with Crippen LogP contribution in [0.2, 0.25) is 0 Å². The van der Waals surface area contributed by atoms with E-state index in [4.69, 9.17) is 9.47 Å². The summed E-state index contributed by atoms with van der Waals surface area (Å²) in [6, 6.07) is 14.6. The maximum absolute atomic E-state index is 13.3. The molecule has 3 unspecified atom stereocenters. The Labute approximate surface area is 195 Å². The van der Waals surface area contributed by atoms with Crippen LogP contribution in [0.15, 0.2) is 53.5 Å². The number of aliphatic imine (C=N–C) groups is 1. The molecule has 1 fully saturated rings. The fraction of sp³-hybridized carbons (Fsp3) is 0.435. The van der Waals surface area contributed by atoms with E-state index in [9.17, 15) is 4.39 Å². The number of nitrogens with one attached hydrogen (secondary N) is 1. The summed E-state index contributed by atoms with van der Waals surface area (Å²) in [7, 11) is 3.49. The van der Waals surface area contributed by atoms with Crippen molar-refractivity contribution in [1.29, 1.82) is 0 Å². The molecule has 30 heavy (non-hydrogen) atoms. The highest BCUT2D eigenvalue weighted by atomic mass is 127. The van der Waals surface area contributed by atoms with Crippen molar-refractivity contribution in [3.05, 3.63) is 65.5 Å². The predicted molar refractivity (Wildman–Crippen MR) is 129 cm³/mol. The minimum atomic E-state index is -0.239. The van der Waals surface area contributed by atoms with Crippen LogP contribution >= 0.6 is 24.0 Å². The van der Waals surface area contributed by atoms with Gasteiger partial charge in [-0.3, -0.25) is 4.99 Å². The number of nitrogens with zero attached hydrogens (tertiary/aromatic N) is 2. The Morgan fingerprint density at radius 3 is 2.60 bits per heavy atom. The quantitative estimate of drug-likeness (QED) is 0.351. The number of guanidine groups is 1. The molecule has 1 aliphatic rings. The van der Waals surface area contributed by atoms with E-state index in [2.05, 4.69) is 28.2 Å². The van der Waals surface area contributed by atoms with Crippen LogP contribution in [0, 0.1) is 5.82 Å². The van der Waals surface area contributed by atoms with Crippen LogP contribution in [0.1, 0.15) is 37.0 Å². The van der Waals surface area contributed by atoms with Crippen LogP contribution in [0.4, 0.5) is 4.39 Å². The van der Waals surface area contributed by atoms with Gasteiger partial charge < -0.3 is 19.7 Å². The summed E-state index contributed by atoms with van der Waals surface area (Å²) >= 11 is 0. The molecule has 3 rings (SSSR count). The second-order valence-electron chi connectivity index (χ2n) is 7.46. The van der Waals surface area contributed by atoms with Crippen molar-refractivity contribution in [2.45, 2.75) is 32.0 Å². The molecule has 5 nitrogen and oxygen atoms in total. The van der Waals surface area contributed by atoms with Gasteiger partial charge in [0.1, 0.15) is 17.7 Å². The average molecular weight is 527 g/mol. The van der Waals surface area contributed by atoms with E-state index in [0.29, 0.717) is 6.54 Å². The fourth-order valence-electron chi connectivity index (χ4n) is 3.75. The Morgan fingerprint density at radius 2 is 1.93 bits per heavy atom. The van der Waals surface area contributed by atoms with Crippen molar-refractivity contribution >= 4 is 29.9 Å². The standard InChI is InChI=1S/C23H30FN3O2.HI/c1-16(20-7-5-6-8-21(20)28-4)13-26-23(25-3)27-14-17(2)29-22(15-27)18-9-11-19(24)12-10-18;/h5-12,16-17,22H,13-15H2,1-4H3,(H,25,26);1H. The smallest absolute Gasteiger partial charge is 0.193 e. The van der Waals surface area contributed by atoms with Gasteiger partial charge in [0.25, 0.3) is 0 Å². The first-order valence-corrected chi connectivity index (χ1v) is 10.0. The number of benzene rings is 2. The predicted octanol–water partition coefficient (Wildman–Crippen LogP) is 4.59. The lowest BCUT2D eigenvalue weighted by Gasteiger charge is -2.39. The van der Waals surface area contributed by atoms with E-state index in [1.54, 1.807) is 26.3 Å². The number of methoxy groups -OCH3 is 1. The number of halogens is 2. The zero-order valence-corrected chi connectivity index (χ0v) is 20.3. The lowest BCUT2D eigenvalue weighted by atomic mass is 10.00. The first-order valence-electron chi connectivity index (χ1n) is 10.0. The van der Waals surface area contributed by atoms with Crippen LogP contribution in [0.25, 0.3) is 0 Å². The molecule has 0 aromatic heterocycles. The monoisotopic (exact) mass is 527 g/mol. The average Bonchev–Trinajstić information content (AvgIpc) is 2.74. The second kappa shape index (κ2) is 11.5. The fourth-order valence-corrected chi connectivity index (χ4v) is 3.75. The minimum Gasteiger partial charge on any atom is -0.496 e. The first-order chi connectivity index (χ1) is 14.0. The van der Waals surface area contributed by atoms with Crippen molar-refractivity contribution in [3.63, 3.8) is 0 Å². The van der Waals surface area contributed by atoms with E-state index >= 15 is 0 Å². The molecular formula is C23H31FIN3O2. The summed E-state index contributed by atoms with van der Waals surface area (Å²) in [6.07, 6.45) is -0.0754. The third-order valence-electron chi connectivity index (χ3n) is 5.25. The number of para-hydroxylation sites is 1. The van der Waals surface area contributed by atoms with E-state index in [0.717, 1.165) is 35.9 Å². The molecule has 0 radical (unpaired) electrons. The summed E-state index contributed by atoms with van der Waals surface area (Å²) in [6.45, 7) is 6.37. The highest BCUT2D eigenvalue weighted by molar-refractivity contribution is 14.0. The summed E-state index contributed by atoms with van der Waals surface area (Å²) in [4.78, 5) is 6.69. The largest absolute Gasteiger partial charge is 0.496 e. The SMILES string of the molecule is CN=C(NCC(C)c1ccccc1OC)N1CC(C)OC(c2ccc(F)cc2)C1.I. The van der Waals surface area contributed by atoms with Gasteiger partial charge in [-0.15, -0.1) is 24.0 Å². The topological polar surface area (TPSA) is 46.1 Å². The molecule has 0 amide bonds. The van der Waals surface area contributed by atoms with Crippen molar-refractivity contribution < 1.29 is 13.9 Å². The van der Waals surface area contributed by atoms with Crippen LogP contribution in [0.3, 0.4) is 0 Å². The van der Waals surface area contributed by atoms with Gasteiger partial charge in [-0.1, -0.05) is 37.3 Å². The molecule has 1 heterocycles. The molecule has 0 aliphatic carbocycles. The van der Waals surface area contributed by atoms with E-state index in [1.165, 1.54) is 12.1 Å². The second-order valence-corrected chi connectivity index (χ2v) is 7.46. The first kappa shape index (κ1) is 24.4. The third kappa shape index (κ3) is 6.07. The number of rotatable bonds is 5. The van der Waals surface area contributed by atoms with Gasteiger partial charge in [0.05, 0.1) is 19.8 Å². The molecule has 7 heteroatoms. The molecule has 0 spiro atoms. The van der Waals surface area contributed by atoms with Gasteiger partial charge in [-0.2, -0.15) is 0 Å². The lowest BCUT2D eigenvalue weighted by Crippen LogP contribution is -2.51. The Hall–Kier alpha value is -1.87. The van der Waals surface area contributed by atoms with E-state index < -0.39 is 0 Å². The third-order valence-corrected chi connectivity index (χ3v) is 5.25. The van der Waals surface area contributed by atoms with Gasteiger partial charge in [0, 0.05) is 26.1 Å². The number of ether oxygens (including phenoxy) is 2. The van der Waals surface area contributed by atoms with Gasteiger partial charge in [-0.25, -0.2) is 4.39 Å². The van der Waals surface area contributed by atoms with Crippen LogP contribution in [-0.2, 0) is 4.74 Å². The van der Waals surface area contributed by atoms with Crippen molar-refractivity contribution in [3.8, 4) is 5.75 Å². The van der Waals surface area contributed by atoms with E-state index in [-0.39, 0.29) is 47.9 Å². The highest BCUT2D eigenvalue weighted by Gasteiger charge is 2.28. The maximum Gasteiger partial charge on any atom is 0.193 e. The molecule has 2 aromatic carbocycles. The molecular weight excluding hydrogens is 496 g/mol. The minimum absolute atomic E-state index is 0. The summed E-state index contributed by atoms with van der Waals surface area (Å²) in [5, 5.41) is 3.50. The maximum atomic E-state index is 13.3. The highest BCUT2D eigenvalue weighted by Crippen LogP contribution is 2.27. The Kier molecular flexibility index (Phi) is 9.36. The zero-order valence-electron chi connectivity index (χ0n) is 18.0. The van der Waals surface area contributed by atoms with Crippen molar-refractivity contribution in [2.24, 2.45) is 4.99 Å². The van der Waals surface area contributed by atoms with Crippen LogP contribution in [-0.4, -0.2) is 50.8 Å². The van der Waals surface area contributed by atoms with Gasteiger partial charge in [0.2, 0.25) is 0 Å². The van der Waals surface area contributed by atoms with Crippen molar-refractivity contribution in [1.82, 2.24) is 10.2 Å². The Bertz CT molecular complexity index is 831. The molecule has 1 aliphatic heterocycles. The lowest BCUT2D eigenvalue weighted by molar-refractivity contribution is -0.0605. The molecule has 0 bridgehead atoms. The number of hydrogen-bond donors (Lipinski definition) is 1. The summed E-state index contributed by atoms with van der Waals surface area (Å²) < 4.78 is 24.9. The molecule has 2 aromatic rings. The molecule has 1 N–H and O–H groups in total. The summed E-state index contributed by atoms with van der Waals surface area (Å²) in [5.41, 5.74) is 2.14. The summed E-state index contributed by atoms with van der Waals surface area (Å²) in [5.74, 6) is 1.76.